The number of carboxylic acids is 1. The molecule has 0 fully saturated rings. The van der Waals surface area contributed by atoms with E-state index in [0.29, 0.717) is 0 Å². The first-order valence-electron chi connectivity index (χ1n) is 4.62. The lowest BCUT2D eigenvalue weighted by atomic mass is 10.1. The van der Waals surface area contributed by atoms with Gasteiger partial charge in [-0.2, -0.15) is 0 Å². The van der Waals surface area contributed by atoms with Gasteiger partial charge in [0.2, 0.25) is 5.88 Å². The molecule has 1 heterocycles. The topological polar surface area (TPSA) is 59.4 Å². The number of aliphatic carboxylic acids is 1. The van der Waals surface area contributed by atoms with Gasteiger partial charge in [0.25, 0.3) is 6.43 Å². The highest BCUT2D eigenvalue weighted by molar-refractivity contribution is 6.17. The molecule has 0 amide bonds. The molecule has 0 aliphatic carbocycles. The predicted octanol–water partition coefficient (Wildman–Crippen LogP) is 2.39. The van der Waals surface area contributed by atoms with Gasteiger partial charge >= 0.3 is 5.97 Å². The first-order chi connectivity index (χ1) is 7.99. The molecule has 0 radical (unpaired) electrons. The third kappa shape index (κ3) is 3.26. The van der Waals surface area contributed by atoms with Gasteiger partial charge in [-0.15, -0.1) is 11.6 Å². The Kier molecular flexibility index (Phi) is 4.62. The van der Waals surface area contributed by atoms with Gasteiger partial charge in [-0.1, -0.05) is 0 Å². The fourth-order valence-electron chi connectivity index (χ4n) is 1.36. The summed E-state index contributed by atoms with van der Waals surface area (Å²) in [6, 6.07) is 1.04. The van der Waals surface area contributed by atoms with Crippen LogP contribution in [0.15, 0.2) is 6.07 Å². The Morgan fingerprint density at radius 2 is 2.29 bits per heavy atom. The third-order valence-electron chi connectivity index (χ3n) is 2.07. The van der Waals surface area contributed by atoms with Crippen molar-refractivity contribution in [2.75, 3.05) is 7.11 Å². The molecule has 0 aliphatic rings. The minimum absolute atomic E-state index is 0.0125. The number of methoxy groups -OCH3 is 1. The molecule has 7 heteroatoms. The quantitative estimate of drug-likeness (QED) is 0.831. The number of pyridine rings is 1. The lowest BCUT2D eigenvalue weighted by Gasteiger charge is -2.12. The molecular weight excluding hydrogens is 256 g/mol. The van der Waals surface area contributed by atoms with Crippen molar-refractivity contribution in [2.45, 2.75) is 18.7 Å². The smallest absolute Gasteiger partial charge is 0.309 e. The SMILES string of the molecule is COc1nc(CC(=O)O)cc(C(F)F)c1CCl. The number of rotatable bonds is 5. The van der Waals surface area contributed by atoms with Crippen LogP contribution in [0.4, 0.5) is 8.78 Å². The lowest BCUT2D eigenvalue weighted by molar-refractivity contribution is -0.136. The number of hydrogen-bond acceptors (Lipinski definition) is 3. The number of ether oxygens (including phenoxy) is 1. The van der Waals surface area contributed by atoms with E-state index in [4.69, 9.17) is 21.4 Å². The minimum atomic E-state index is -2.76. The third-order valence-corrected chi connectivity index (χ3v) is 2.34. The zero-order valence-electron chi connectivity index (χ0n) is 8.91. The van der Waals surface area contributed by atoms with Gasteiger partial charge < -0.3 is 9.84 Å². The number of hydrogen-bond donors (Lipinski definition) is 1. The minimum Gasteiger partial charge on any atom is -0.481 e. The highest BCUT2D eigenvalue weighted by atomic mass is 35.5. The summed E-state index contributed by atoms with van der Waals surface area (Å²) in [5, 5.41) is 8.59. The molecular formula is C10H10ClF2NO3. The Balaban J connectivity index is 3.29. The first kappa shape index (κ1) is 13.6. The summed E-state index contributed by atoms with van der Waals surface area (Å²) in [5.74, 6) is -1.39. The number of nitrogens with zero attached hydrogens (tertiary/aromatic N) is 1. The summed E-state index contributed by atoms with van der Waals surface area (Å²) in [4.78, 5) is 14.3. The van der Waals surface area contributed by atoms with Crippen LogP contribution in [0.1, 0.15) is 23.2 Å². The molecule has 0 atom stereocenters. The first-order valence-corrected chi connectivity index (χ1v) is 5.15. The number of carboxylic acid groups (broad SMARTS) is 1. The molecule has 0 saturated heterocycles. The van der Waals surface area contributed by atoms with E-state index < -0.39 is 18.8 Å². The number of alkyl halides is 3. The normalized spacial score (nSPS) is 10.6. The Bertz CT molecular complexity index is 426. The van der Waals surface area contributed by atoms with Crippen molar-refractivity contribution in [3.05, 3.63) is 22.9 Å². The predicted molar refractivity (Wildman–Crippen MR) is 56.6 cm³/mol. The van der Waals surface area contributed by atoms with Gasteiger partial charge in [0.1, 0.15) is 0 Å². The van der Waals surface area contributed by atoms with Gasteiger partial charge in [-0.25, -0.2) is 13.8 Å². The van der Waals surface area contributed by atoms with Crippen LogP contribution in [0.25, 0.3) is 0 Å². The number of aromatic nitrogens is 1. The van der Waals surface area contributed by atoms with E-state index in [2.05, 4.69) is 4.98 Å². The molecule has 1 rings (SSSR count). The molecule has 0 spiro atoms. The second-order valence-electron chi connectivity index (χ2n) is 3.20. The molecule has 0 aromatic carbocycles. The van der Waals surface area contributed by atoms with Crippen molar-refractivity contribution in [2.24, 2.45) is 0 Å². The monoisotopic (exact) mass is 265 g/mol. The Labute approximate surface area is 101 Å². The van der Waals surface area contributed by atoms with Gasteiger partial charge in [0.15, 0.2) is 0 Å². The molecule has 0 unspecified atom stereocenters. The van der Waals surface area contributed by atoms with Crippen molar-refractivity contribution in [1.82, 2.24) is 4.98 Å². The largest absolute Gasteiger partial charge is 0.481 e. The zero-order valence-corrected chi connectivity index (χ0v) is 9.67. The number of carbonyl (C=O) groups is 1. The summed E-state index contributed by atoms with van der Waals surface area (Å²) in [6.45, 7) is 0. The van der Waals surface area contributed by atoms with Gasteiger partial charge in [0, 0.05) is 11.1 Å². The summed E-state index contributed by atoms with van der Waals surface area (Å²) in [6.07, 6.45) is -3.20. The maximum atomic E-state index is 12.8. The van der Waals surface area contributed by atoms with Crippen LogP contribution in [0.3, 0.4) is 0 Å². The van der Waals surface area contributed by atoms with Crippen molar-refractivity contribution in [3.63, 3.8) is 0 Å². The van der Waals surface area contributed by atoms with Crippen LogP contribution in [-0.2, 0) is 17.1 Å². The summed E-state index contributed by atoms with van der Waals surface area (Å²) < 4.78 is 30.3. The maximum absolute atomic E-state index is 12.8. The molecule has 0 aliphatic heterocycles. The van der Waals surface area contributed by atoms with E-state index in [9.17, 15) is 13.6 Å². The van der Waals surface area contributed by atoms with Gasteiger partial charge in [-0.05, 0) is 6.07 Å². The molecule has 0 bridgehead atoms. The van der Waals surface area contributed by atoms with E-state index in [-0.39, 0.29) is 28.6 Å². The van der Waals surface area contributed by atoms with Crippen LogP contribution in [0.2, 0.25) is 0 Å². The Morgan fingerprint density at radius 3 is 2.71 bits per heavy atom. The van der Waals surface area contributed by atoms with E-state index in [1.807, 2.05) is 0 Å². The molecule has 94 valence electrons. The second-order valence-corrected chi connectivity index (χ2v) is 3.46. The molecule has 0 saturated carbocycles. The maximum Gasteiger partial charge on any atom is 0.309 e. The summed E-state index contributed by atoms with van der Waals surface area (Å²) in [7, 11) is 1.26. The molecule has 1 N–H and O–H groups in total. The van der Waals surface area contributed by atoms with Crippen LogP contribution in [-0.4, -0.2) is 23.2 Å². The summed E-state index contributed by atoms with van der Waals surface area (Å²) in [5.41, 5.74) is -0.250. The average Bonchev–Trinajstić information content (AvgIpc) is 2.26. The van der Waals surface area contributed by atoms with Gasteiger partial charge in [-0.3, -0.25) is 4.79 Å². The highest BCUT2D eigenvalue weighted by Crippen LogP contribution is 2.30. The lowest BCUT2D eigenvalue weighted by Crippen LogP contribution is -2.07. The van der Waals surface area contributed by atoms with E-state index >= 15 is 0 Å². The zero-order chi connectivity index (χ0) is 13.0. The average molecular weight is 266 g/mol. The van der Waals surface area contributed by atoms with Crippen LogP contribution in [0.5, 0.6) is 5.88 Å². The molecule has 4 nitrogen and oxygen atoms in total. The van der Waals surface area contributed by atoms with Crippen molar-refractivity contribution in [3.8, 4) is 5.88 Å². The molecule has 1 aromatic rings. The standard InChI is InChI=1S/C10H10ClF2NO3/c1-17-10-7(4-11)6(9(12)13)2-5(14-10)3-8(15)16/h2,9H,3-4H2,1H3,(H,15,16). The van der Waals surface area contributed by atoms with Crippen LogP contribution < -0.4 is 4.74 Å². The second kappa shape index (κ2) is 5.77. The fraction of sp³-hybridized carbons (Fsp3) is 0.400. The fourth-order valence-corrected chi connectivity index (χ4v) is 1.63. The molecule has 17 heavy (non-hydrogen) atoms. The van der Waals surface area contributed by atoms with Crippen LogP contribution in [0, 0.1) is 0 Å². The number of halogens is 3. The van der Waals surface area contributed by atoms with Gasteiger partial charge in [0.05, 0.1) is 25.1 Å². The van der Waals surface area contributed by atoms with Crippen molar-refractivity contribution < 1.29 is 23.4 Å². The molecule has 1 aromatic heterocycles. The highest BCUT2D eigenvalue weighted by Gasteiger charge is 2.20. The van der Waals surface area contributed by atoms with Crippen LogP contribution >= 0.6 is 11.6 Å². The Hall–Kier alpha value is -1.43. The van der Waals surface area contributed by atoms with E-state index in [1.54, 1.807) is 0 Å². The van der Waals surface area contributed by atoms with Crippen molar-refractivity contribution in [1.29, 1.82) is 0 Å². The van der Waals surface area contributed by atoms with E-state index in [1.165, 1.54) is 7.11 Å². The van der Waals surface area contributed by atoms with Crippen molar-refractivity contribution >= 4 is 17.6 Å². The Morgan fingerprint density at radius 1 is 1.65 bits per heavy atom. The summed E-state index contributed by atoms with van der Waals surface area (Å²) >= 11 is 5.55. The van der Waals surface area contributed by atoms with E-state index in [0.717, 1.165) is 6.07 Å².